The number of hydrogen-bond acceptors (Lipinski definition) is 4. The van der Waals surface area contributed by atoms with Crippen molar-refractivity contribution in [2.75, 3.05) is 24.6 Å². The van der Waals surface area contributed by atoms with Crippen molar-refractivity contribution in [2.45, 2.75) is 13.0 Å². The quantitative estimate of drug-likeness (QED) is 0.878. The highest BCUT2D eigenvalue weighted by atomic mass is 32.2. The van der Waals surface area contributed by atoms with Gasteiger partial charge in [-0.15, -0.1) is 0 Å². The van der Waals surface area contributed by atoms with Crippen molar-refractivity contribution in [2.24, 2.45) is 0 Å². The Hall–Kier alpha value is -1.14. The Morgan fingerprint density at radius 1 is 1.28 bits per heavy atom. The molecule has 0 bridgehead atoms. The number of hydrogen-bond donors (Lipinski definition) is 1. The molecule has 0 aliphatic carbocycles. The first-order valence-electron chi connectivity index (χ1n) is 5.86. The van der Waals surface area contributed by atoms with Gasteiger partial charge < -0.3 is 5.11 Å². The number of rotatable bonds is 2. The normalized spacial score (nSPS) is 20.5. The van der Waals surface area contributed by atoms with Crippen LogP contribution in [-0.4, -0.2) is 43.0 Å². The summed E-state index contributed by atoms with van der Waals surface area (Å²) < 4.78 is 36.0. The molecule has 2 rings (SSSR count). The fourth-order valence-electron chi connectivity index (χ4n) is 2.07. The van der Waals surface area contributed by atoms with Crippen LogP contribution in [0.3, 0.4) is 0 Å². The van der Waals surface area contributed by atoms with Gasteiger partial charge in [0, 0.05) is 18.7 Å². The predicted octanol–water partition coefficient (Wildman–Crippen LogP) is 1.15. The van der Waals surface area contributed by atoms with E-state index in [2.05, 4.69) is 0 Å². The van der Waals surface area contributed by atoms with Crippen molar-refractivity contribution in [1.29, 1.82) is 0 Å². The topological polar surface area (TPSA) is 57.6 Å². The average Bonchev–Trinajstić information content (AvgIpc) is 2.46. The Labute approximate surface area is 106 Å². The Kier molecular flexibility index (Phi) is 3.87. The lowest BCUT2D eigenvalue weighted by Crippen LogP contribution is -2.26. The Bertz CT molecular complexity index is 530. The lowest BCUT2D eigenvalue weighted by atomic mass is 10.2. The molecule has 18 heavy (non-hydrogen) atoms. The molecule has 0 atom stereocenters. The number of sulfone groups is 1. The van der Waals surface area contributed by atoms with Gasteiger partial charge in [-0.25, -0.2) is 12.8 Å². The second-order valence-corrected chi connectivity index (χ2v) is 6.86. The molecular formula is C12H16FNO3S. The van der Waals surface area contributed by atoms with Gasteiger partial charge in [0.15, 0.2) is 9.84 Å². The molecule has 1 aliphatic heterocycles. The van der Waals surface area contributed by atoms with E-state index < -0.39 is 15.7 Å². The van der Waals surface area contributed by atoms with Crippen LogP contribution in [0.15, 0.2) is 18.2 Å². The molecule has 4 nitrogen and oxygen atoms in total. The maximum Gasteiger partial charge on any atom is 0.151 e. The lowest BCUT2D eigenvalue weighted by molar-refractivity contribution is 0.282. The van der Waals surface area contributed by atoms with E-state index in [-0.39, 0.29) is 17.3 Å². The highest BCUT2D eigenvalue weighted by Gasteiger charge is 2.19. The molecule has 1 fully saturated rings. The average molecular weight is 273 g/mol. The Balaban J connectivity index is 2.07. The van der Waals surface area contributed by atoms with Gasteiger partial charge in [-0.05, 0) is 31.2 Å². The first-order chi connectivity index (χ1) is 8.46. The maximum atomic E-state index is 13.1. The number of benzene rings is 1. The summed E-state index contributed by atoms with van der Waals surface area (Å²) in [5.41, 5.74) is 0.495. The van der Waals surface area contributed by atoms with Crippen molar-refractivity contribution >= 4 is 9.84 Å². The van der Waals surface area contributed by atoms with E-state index in [0.29, 0.717) is 31.6 Å². The summed E-state index contributed by atoms with van der Waals surface area (Å²) in [7, 11) is -2.94. The van der Waals surface area contributed by atoms with Crippen molar-refractivity contribution in [3.63, 3.8) is 0 Å². The minimum absolute atomic E-state index is 0.0449. The van der Waals surface area contributed by atoms with Gasteiger partial charge in [0.05, 0.1) is 11.5 Å². The van der Waals surface area contributed by atoms with E-state index >= 15 is 0 Å². The van der Waals surface area contributed by atoms with E-state index in [1.807, 2.05) is 4.90 Å². The number of aromatic hydroxyl groups is 1. The fraction of sp³-hybridized carbons (Fsp3) is 0.500. The van der Waals surface area contributed by atoms with Crippen LogP contribution in [0.4, 0.5) is 4.39 Å². The lowest BCUT2D eigenvalue weighted by Gasteiger charge is -2.19. The third kappa shape index (κ3) is 3.43. The summed E-state index contributed by atoms with van der Waals surface area (Å²) in [5, 5.41) is 9.63. The summed E-state index contributed by atoms with van der Waals surface area (Å²) >= 11 is 0. The summed E-state index contributed by atoms with van der Waals surface area (Å²) in [4.78, 5) is 1.93. The van der Waals surface area contributed by atoms with Gasteiger partial charge in [-0.1, -0.05) is 0 Å². The number of phenolic OH excluding ortho intramolecular Hbond substituents is 1. The third-order valence-electron chi connectivity index (χ3n) is 3.08. The highest BCUT2D eigenvalue weighted by Crippen LogP contribution is 2.20. The second kappa shape index (κ2) is 5.24. The van der Waals surface area contributed by atoms with Gasteiger partial charge >= 0.3 is 0 Å². The van der Waals surface area contributed by atoms with Crippen molar-refractivity contribution in [3.05, 3.63) is 29.6 Å². The van der Waals surface area contributed by atoms with Gasteiger partial charge in [0.2, 0.25) is 0 Å². The summed E-state index contributed by atoms with van der Waals surface area (Å²) in [6, 6.07) is 3.81. The molecule has 6 heteroatoms. The molecule has 100 valence electrons. The fourth-order valence-corrected chi connectivity index (χ4v) is 3.38. The van der Waals surface area contributed by atoms with Crippen LogP contribution in [0.2, 0.25) is 0 Å². The molecule has 1 saturated heterocycles. The van der Waals surface area contributed by atoms with Crippen LogP contribution >= 0.6 is 0 Å². The summed E-state index contributed by atoms with van der Waals surface area (Å²) in [5.74, 6) is -0.0180. The molecule has 1 aromatic carbocycles. The molecule has 0 spiro atoms. The van der Waals surface area contributed by atoms with Crippen LogP contribution < -0.4 is 0 Å². The van der Waals surface area contributed by atoms with E-state index in [1.54, 1.807) is 0 Å². The number of nitrogens with zero attached hydrogens (tertiary/aromatic N) is 1. The van der Waals surface area contributed by atoms with Crippen molar-refractivity contribution in [1.82, 2.24) is 4.90 Å². The van der Waals surface area contributed by atoms with E-state index in [4.69, 9.17) is 0 Å². The molecule has 0 amide bonds. The molecule has 1 heterocycles. The monoisotopic (exact) mass is 273 g/mol. The minimum Gasteiger partial charge on any atom is -0.508 e. The molecule has 0 aromatic heterocycles. The molecule has 1 aliphatic rings. The zero-order valence-electron chi connectivity index (χ0n) is 9.97. The first kappa shape index (κ1) is 13.3. The van der Waals surface area contributed by atoms with Crippen LogP contribution in [-0.2, 0) is 16.4 Å². The van der Waals surface area contributed by atoms with Crippen LogP contribution in [0, 0.1) is 5.82 Å². The number of halogens is 1. The second-order valence-electron chi connectivity index (χ2n) is 4.55. The predicted molar refractivity (Wildman–Crippen MR) is 66.6 cm³/mol. The standard InChI is InChI=1S/C12H16FNO3S/c13-11-2-3-12(15)10(8-11)9-14-4-1-6-18(16,17)7-5-14/h2-3,8,15H,1,4-7,9H2. The van der Waals surface area contributed by atoms with Crippen LogP contribution in [0.25, 0.3) is 0 Å². The summed E-state index contributed by atoms with van der Waals surface area (Å²) in [6.45, 7) is 1.45. The van der Waals surface area contributed by atoms with Gasteiger partial charge in [0.25, 0.3) is 0 Å². The van der Waals surface area contributed by atoms with E-state index in [0.717, 1.165) is 0 Å². The van der Waals surface area contributed by atoms with E-state index in [1.165, 1.54) is 18.2 Å². The largest absolute Gasteiger partial charge is 0.508 e. The molecule has 0 radical (unpaired) electrons. The zero-order chi connectivity index (χ0) is 13.2. The molecular weight excluding hydrogens is 257 g/mol. The Morgan fingerprint density at radius 2 is 2.06 bits per heavy atom. The van der Waals surface area contributed by atoms with Crippen LogP contribution in [0.5, 0.6) is 5.75 Å². The highest BCUT2D eigenvalue weighted by molar-refractivity contribution is 7.91. The molecule has 1 aromatic rings. The van der Waals surface area contributed by atoms with Gasteiger partial charge in [-0.2, -0.15) is 0 Å². The van der Waals surface area contributed by atoms with Gasteiger partial charge in [0.1, 0.15) is 11.6 Å². The zero-order valence-corrected chi connectivity index (χ0v) is 10.8. The Morgan fingerprint density at radius 3 is 2.83 bits per heavy atom. The molecule has 0 unspecified atom stereocenters. The van der Waals surface area contributed by atoms with Crippen molar-refractivity contribution < 1.29 is 17.9 Å². The minimum atomic E-state index is -2.94. The smallest absolute Gasteiger partial charge is 0.151 e. The number of phenols is 1. The first-order valence-corrected chi connectivity index (χ1v) is 7.68. The molecule has 1 N–H and O–H groups in total. The van der Waals surface area contributed by atoms with Crippen molar-refractivity contribution in [3.8, 4) is 5.75 Å². The van der Waals surface area contributed by atoms with Crippen LogP contribution in [0.1, 0.15) is 12.0 Å². The third-order valence-corrected chi connectivity index (χ3v) is 4.80. The summed E-state index contributed by atoms with van der Waals surface area (Å²) in [6.07, 6.45) is 0.582. The molecule has 0 saturated carbocycles. The SMILES string of the molecule is O=S1(=O)CCCN(Cc2cc(F)ccc2O)CC1. The maximum absolute atomic E-state index is 13.1. The van der Waals surface area contributed by atoms with E-state index in [9.17, 15) is 17.9 Å². The van der Waals surface area contributed by atoms with Gasteiger partial charge in [-0.3, -0.25) is 4.90 Å².